The van der Waals surface area contributed by atoms with Crippen molar-refractivity contribution in [1.29, 1.82) is 0 Å². The number of aliphatic carboxylic acids is 1. The lowest BCUT2D eigenvalue weighted by Crippen LogP contribution is -2.32. The smallest absolute Gasteiger partial charge is 0.387 e. The molecule has 1 fully saturated rings. The first-order chi connectivity index (χ1) is 19.7. The van der Waals surface area contributed by atoms with Gasteiger partial charge in [-0.1, -0.05) is 18.2 Å². The molecule has 1 aliphatic heterocycles. The molecular formula is C30H30F3N5O3. The highest BCUT2D eigenvalue weighted by Gasteiger charge is 2.37. The molecule has 1 atom stereocenters. The third kappa shape index (κ3) is 5.20. The summed E-state index contributed by atoms with van der Waals surface area (Å²) >= 11 is 0. The molecule has 0 amide bonds. The monoisotopic (exact) mass is 565 g/mol. The number of fused-ring (bicyclic) bond motifs is 3. The van der Waals surface area contributed by atoms with Crippen molar-refractivity contribution >= 4 is 23.0 Å². The van der Waals surface area contributed by atoms with Crippen molar-refractivity contribution in [3.8, 4) is 16.9 Å². The Morgan fingerprint density at radius 1 is 1.20 bits per heavy atom. The van der Waals surface area contributed by atoms with Crippen LogP contribution in [0.25, 0.3) is 22.2 Å². The van der Waals surface area contributed by atoms with Crippen molar-refractivity contribution in [1.82, 2.24) is 19.5 Å². The number of nitrogens with zero attached hydrogens (tertiary/aromatic N) is 4. The summed E-state index contributed by atoms with van der Waals surface area (Å²) in [5.74, 6) is 0.510. The van der Waals surface area contributed by atoms with E-state index in [-0.39, 0.29) is 11.8 Å². The summed E-state index contributed by atoms with van der Waals surface area (Å²) in [4.78, 5) is 25.0. The van der Waals surface area contributed by atoms with E-state index in [1.54, 1.807) is 36.7 Å². The molecule has 2 N–H and O–H groups in total. The zero-order valence-corrected chi connectivity index (χ0v) is 22.5. The van der Waals surface area contributed by atoms with Crippen LogP contribution in [-0.4, -0.2) is 43.8 Å². The second-order valence-corrected chi connectivity index (χ2v) is 11.2. The zero-order valence-electron chi connectivity index (χ0n) is 22.5. The number of aromatic nitrogens is 4. The number of rotatable bonds is 8. The maximum Gasteiger partial charge on any atom is 0.387 e. The Morgan fingerprint density at radius 2 is 1.93 bits per heavy atom. The number of carboxylic acid groups (broad SMARTS) is 1. The van der Waals surface area contributed by atoms with E-state index in [1.807, 2.05) is 11.5 Å². The van der Waals surface area contributed by atoms with E-state index in [9.17, 15) is 18.7 Å². The summed E-state index contributed by atoms with van der Waals surface area (Å²) in [5.41, 5.74) is 1.86. The van der Waals surface area contributed by atoms with Gasteiger partial charge in [-0.3, -0.25) is 4.79 Å². The van der Waals surface area contributed by atoms with Crippen molar-refractivity contribution in [3.05, 3.63) is 66.0 Å². The number of halogens is 3. The van der Waals surface area contributed by atoms with Crippen LogP contribution in [-0.2, 0) is 11.2 Å². The first-order valence-electron chi connectivity index (χ1n) is 13.8. The summed E-state index contributed by atoms with van der Waals surface area (Å²) in [6, 6.07) is 9.31. The van der Waals surface area contributed by atoms with Crippen LogP contribution in [0.1, 0.15) is 56.5 Å². The number of hydrogen-bond donors (Lipinski definition) is 2. The topological polar surface area (TPSA) is 102 Å². The fraction of sp³-hybridized carbons (Fsp3) is 0.400. The minimum Gasteiger partial charge on any atom is -0.481 e. The number of imidazole rings is 1. The molecule has 11 heteroatoms. The first kappa shape index (κ1) is 27.0. The van der Waals surface area contributed by atoms with E-state index in [0.717, 1.165) is 19.3 Å². The van der Waals surface area contributed by atoms with Crippen LogP contribution in [0.15, 0.2) is 48.8 Å². The van der Waals surface area contributed by atoms with Crippen LogP contribution in [0.4, 0.5) is 19.1 Å². The predicted molar refractivity (Wildman–Crippen MR) is 146 cm³/mol. The second-order valence-electron chi connectivity index (χ2n) is 11.2. The van der Waals surface area contributed by atoms with Crippen molar-refractivity contribution in [2.75, 3.05) is 11.9 Å². The summed E-state index contributed by atoms with van der Waals surface area (Å²) in [6.45, 7) is -0.716. The van der Waals surface area contributed by atoms with Gasteiger partial charge in [0.2, 0.25) is 5.95 Å². The van der Waals surface area contributed by atoms with Crippen LogP contribution in [0, 0.1) is 17.2 Å². The number of para-hydroxylation sites is 1. The summed E-state index contributed by atoms with van der Waals surface area (Å²) in [6.07, 6.45) is 7.85. The lowest BCUT2D eigenvalue weighted by molar-refractivity contribution is -0.150. The Morgan fingerprint density at radius 3 is 2.63 bits per heavy atom. The molecule has 8 nitrogen and oxygen atoms in total. The zero-order chi connectivity index (χ0) is 28.7. The molecule has 3 heterocycles. The molecule has 0 radical (unpaired) electrons. The third-order valence-corrected chi connectivity index (χ3v) is 8.56. The molecule has 0 spiro atoms. The molecule has 214 valence electrons. The number of alkyl halides is 2. The van der Waals surface area contributed by atoms with Crippen LogP contribution >= 0.6 is 0 Å². The highest BCUT2D eigenvalue weighted by molar-refractivity contribution is 5.85. The van der Waals surface area contributed by atoms with Crippen molar-refractivity contribution in [3.63, 3.8) is 0 Å². The Hall–Kier alpha value is -4.15. The fourth-order valence-corrected chi connectivity index (χ4v) is 6.04. The minimum atomic E-state index is -2.96. The van der Waals surface area contributed by atoms with E-state index in [0.29, 0.717) is 71.2 Å². The maximum absolute atomic E-state index is 15.2. The van der Waals surface area contributed by atoms with E-state index in [4.69, 9.17) is 4.74 Å². The van der Waals surface area contributed by atoms with Gasteiger partial charge in [-0.2, -0.15) is 8.78 Å². The van der Waals surface area contributed by atoms with Crippen molar-refractivity contribution in [2.24, 2.45) is 11.3 Å². The van der Waals surface area contributed by atoms with Crippen molar-refractivity contribution in [2.45, 2.75) is 58.1 Å². The van der Waals surface area contributed by atoms with E-state index >= 15 is 4.39 Å². The van der Waals surface area contributed by atoms with Gasteiger partial charge in [0.15, 0.2) is 0 Å². The Balaban J connectivity index is 1.22. The standard InChI is InChI=1S/C30H30F3N5O3/c1-30(27(39)40)10-8-17(9-11-30)6-7-26-34-14-18(15-35-26)20-12-23-22(13-21(20)31)37-29-36-16-24(38(23)29)19-4-2-3-5-25(19)41-28(32)33/h2-5,12-15,17,24,28H,6-11,16H2,1H3,(H,36,37)(H,39,40). The number of nitrogens with one attached hydrogen (secondary N) is 1. The van der Waals surface area contributed by atoms with Gasteiger partial charge in [-0.25, -0.2) is 19.3 Å². The number of carbonyl (C=O) groups is 1. The molecule has 41 heavy (non-hydrogen) atoms. The average Bonchev–Trinajstić information content (AvgIpc) is 3.51. The SMILES string of the molecule is CC1(C(=O)O)CCC(CCc2ncc(-c3cc4c(cc3F)nc3n4C(c4ccccc4OC(F)F)CN3)cn2)CC1. The molecular weight excluding hydrogens is 535 g/mol. The molecule has 6 rings (SSSR count). The van der Waals surface area contributed by atoms with Gasteiger partial charge in [0, 0.05) is 48.1 Å². The summed E-state index contributed by atoms with van der Waals surface area (Å²) < 4.78 is 48.0. The highest BCUT2D eigenvalue weighted by Crippen LogP contribution is 2.41. The van der Waals surface area contributed by atoms with E-state index in [1.165, 1.54) is 12.1 Å². The third-order valence-electron chi connectivity index (χ3n) is 8.56. The lowest BCUT2D eigenvalue weighted by Gasteiger charge is -2.33. The minimum absolute atomic E-state index is 0.0828. The lowest BCUT2D eigenvalue weighted by atomic mass is 9.71. The maximum atomic E-state index is 15.2. The summed E-state index contributed by atoms with van der Waals surface area (Å²) in [7, 11) is 0. The molecule has 4 aromatic rings. The molecule has 2 aromatic carbocycles. The summed E-state index contributed by atoms with van der Waals surface area (Å²) in [5, 5.41) is 12.6. The molecule has 1 saturated carbocycles. The average molecular weight is 566 g/mol. The first-order valence-corrected chi connectivity index (χ1v) is 13.8. The quantitative estimate of drug-likeness (QED) is 0.253. The molecule has 0 saturated heterocycles. The van der Waals surface area contributed by atoms with E-state index in [2.05, 4.69) is 20.3 Å². The fourth-order valence-electron chi connectivity index (χ4n) is 6.04. The van der Waals surface area contributed by atoms with Gasteiger partial charge in [0.05, 0.1) is 22.5 Å². The Bertz CT molecular complexity index is 1580. The Kier molecular flexibility index (Phi) is 7.04. The van der Waals surface area contributed by atoms with E-state index < -0.39 is 23.8 Å². The van der Waals surface area contributed by atoms with Crippen LogP contribution in [0.2, 0.25) is 0 Å². The van der Waals surface area contributed by atoms with Crippen LogP contribution in [0.5, 0.6) is 5.75 Å². The van der Waals surface area contributed by atoms with Gasteiger partial charge < -0.3 is 19.7 Å². The molecule has 1 aliphatic carbocycles. The molecule has 2 aliphatic rings. The van der Waals surface area contributed by atoms with Crippen molar-refractivity contribution < 1.29 is 27.8 Å². The second kappa shape index (κ2) is 10.7. The number of hydrogen-bond acceptors (Lipinski definition) is 6. The number of aryl methyl sites for hydroxylation is 1. The molecule has 1 unspecified atom stereocenters. The van der Waals surface area contributed by atoms with Crippen LogP contribution in [0.3, 0.4) is 0 Å². The van der Waals surface area contributed by atoms with Gasteiger partial charge in [-0.15, -0.1) is 0 Å². The van der Waals surface area contributed by atoms with Crippen LogP contribution < -0.4 is 10.1 Å². The highest BCUT2D eigenvalue weighted by atomic mass is 19.3. The van der Waals surface area contributed by atoms with Gasteiger partial charge in [0.1, 0.15) is 17.4 Å². The number of carboxylic acids is 1. The normalized spacial score (nSPS) is 22.1. The predicted octanol–water partition coefficient (Wildman–Crippen LogP) is 6.46. The molecule has 2 aromatic heterocycles. The largest absolute Gasteiger partial charge is 0.481 e. The molecule has 0 bridgehead atoms. The number of anilines is 1. The van der Waals surface area contributed by atoms with Gasteiger partial charge in [0.25, 0.3) is 0 Å². The number of ether oxygens (including phenoxy) is 1. The number of benzene rings is 2. The van der Waals surface area contributed by atoms with Gasteiger partial charge in [-0.05, 0) is 57.1 Å². The van der Waals surface area contributed by atoms with Gasteiger partial charge >= 0.3 is 12.6 Å². The Labute approximate surface area is 234 Å².